The Morgan fingerprint density at radius 1 is 1.19 bits per heavy atom. The highest BCUT2D eigenvalue weighted by Gasteiger charge is 2.10. The number of hydrogen-bond acceptors (Lipinski definition) is 7. The molecule has 1 unspecified atom stereocenters. The fourth-order valence-electron chi connectivity index (χ4n) is 2.47. The lowest BCUT2D eigenvalue weighted by molar-refractivity contribution is 0.207. The summed E-state index contributed by atoms with van der Waals surface area (Å²) >= 11 is 0. The summed E-state index contributed by atoms with van der Waals surface area (Å²) in [6, 6.07) is 9.66. The van der Waals surface area contributed by atoms with Crippen molar-refractivity contribution in [1.82, 2.24) is 20.4 Å². The molecule has 142 valence electrons. The number of nitrogens with zero attached hydrogens (tertiary/aromatic N) is 3. The lowest BCUT2D eigenvalue weighted by atomic mass is 10.2. The molecule has 27 heavy (non-hydrogen) atoms. The molecule has 2 aromatic heterocycles. The fraction of sp³-hybridized carbons (Fsp3) is 0.350. The third kappa shape index (κ3) is 5.04. The quantitative estimate of drug-likeness (QED) is 0.618. The van der Waals surface area contributed by atoms with Crippen molar-refractivity contribution in [3.63, 3.8) is 0 Å². The number of ether oxygens (including phenoxy) is 2. The van der Waals surface area contributed by atoms with Gasteiger partial charge in [-0.2, -0.15) is 4.98 Å². The van der Waals surface area contributed by atoms with Gasteiger partial charge >= 0.3 is 0 Å². The first-order valence-electron chi connectivity index (χ1n) is 8.97. The molecule has 1 N–H and O–H groups in total. The second kappa shape index (κ2) is 9.14. The van der Waals surface area contributed by atoms with E-state index in [9.17, 15) is 0 Å². The summed E-state index contributed by atoms with van der Waals surface area (Å²) in [5.41, 5.74) is 1.91. The number of aromatic nitrogens is 3. The van der Waals surface area contributed by atoms with Crippen LogP contribution in [0.4, 0.5) is 0 Å². The van der Waals surface area contributed by atoms with Crippen LogP contribution in [0.5, 0.6) is 11.5 Å². The van der Waals surface area contributed by atoms with E-state index in [0.717, 1.165) is 29.0 Å². The molecule has 0 bridgehead atoms. The van der Waals surface area contributed by atoms with Gasteiger partial charge in [-0.1, -0.05) is 18.1 Å². The molecule has 3 aromatic rings. The minimum absolute atomic E-state index is 0.148. The highest BCUT2D eigenvalue weighted by molar-refractivity contribution is 5.51. The Balaban J connectivity index is 1.57. The third-order valence-electron chi connectivity index (χ3n) is 4.12. The summed E-state index contributed by atoms with van der Waals surface area (Å²) in [7, 11) is 1.65. The Morgan fingerprint density at radius 3 is 2.81 bits per heavy atom. The molecule has 0 radical (unpaired) electrons. The largest absolute Gasteiger partial charge is 0.493 e. The Hall–Kier alpha value is -2.93. The molecule has 2 heterocycles. The van der Waals surface area contributed by atoms with Gasteiger partial charge in [-0.25, -0.2) is 0 Å². The molecule has 0 spiro atoms. The van der Waals surface area contributed by atoms with Crippen LogP contribution in [0, 0.1) is 0 Å². The van der Waals surface area contributed by atoms with Gasteiger partial charge in [0.25, 0.3) is 0 Å². The van der Waals surface area contributed by atoms with Gasteiger partial charge in [0.1, 0.15) is 0 Å². The van der Waals surface area contributed by atoms with E-state index in [0.29, 0.717) is 24.8 Å². The van der Waals surface area contributed by atoms with Crippen molar-refractivity contribution in [3.8, 4) is 22.9 Å². The number of rotatable bonds is 9. The first-order chi connectivity index (χ1) is 13.2. The van der Waals surface area contributed by atoms with Gasteiger partial charge in [0.2, 0.25) is 11.7 Å². The summed E-state index contributed by atoms with van der Waals surface area (Å²) in [4.78, 5) is 8.44. The van der Waals surface area contributed by atoms with E-state index in [1.165, 1.54) is 0 Å². The predicted molar refractivity (Wildman–Crippen MR) is 101 cm³/mol. The second-order valence-corrected chi connectivity index (χ2v) is 6.18. The zero-order valence-electron chi connectivity index (χ0n) is 15.8. The molecule has 1 atom stereocenters. The molecule has 0 aliphatic heterocycles. The molecular formula is C20H24N4O3. The van der Waals surface area contributed by atoms with E-state index in [2.05, 4.69) is 27.4 Å². The van der Waals surface area contributed by atoms with Crippen LogP contribution in [-0.4, -0.2) is 28.3 Å². The number of methoxy groups -OCH3 is 1. The zero-order chi connectivity index (χ0) is 19.1. The maximum Gasteiger partial charge on any atom is 0.240 e. The van der Waals surface area contributed by atoms with Gasteiger partial charge in [0.05, 0.1) is 19.8 Å². The Bertz CT molecular complexity index is 851. The van der Waals surface area contributed by atoms with E-state index < -0.39 is 0 Å². The van der Waals surface area contributed by atoms with Crippen LogP contribution in [0.25, 0.3) is 11.4 Å². The molecule has 0 saturated carbocycles. The van der Waals surface area contributed by atoms with E-state index in [1.807, 2.05) is 37.3 Å². The minimum Gasteiger partial charge on any atom is -0.493 e. The smallest absolute Gasteiger partial charge is 0.240 e. The molecule has 3 rings (SSSR count). The van der Waals surface area contributed by atoms with Crippen molar-refractivity contribution in [2.24, 2.45) is 0 Å². The number of hydrogen-bond donors (Lipinski definition) is 1. The Kier molecular flexibility index (Phi) is 6.38. The van der Waals surface area contributed by atoms with Crippen molar-refractivity contribution in [2.75, 3.05) is 7.11 Å². The average molecular weight is 368 g/mol. The Labute approximate surface area is 158 Å². The van der Waals surface area contributed by atoms with Gasteiger partial charge in [-0.05, 0) is 43.2 Å². The van der Waals surface area contributed by atoms with Crippen LogP contribution in [0.2, 0.25) is 0 Å². The molecule has 0 saturated heterocycles. The summed E-state index contributed by atoms with van der Waals surface area (Å²) in [5, 5.41) is 7.28. The van der Waals surface area contributed by atoms with Crippen LogP contribution < -0.4 is 14.8 Å². The number of nitrogens with one attached hydrogen (secondary N) is 1. The van der Waals surface area contributed by atoms with E-state index in [-0.39, 0.29) is 6.10 Å². The number of pyridine rings is 1. The van der Waals surface area contributed by atoms with Crippen molar-refractivity contribution >= 4 is 0 Å². The van der Waals surface area contributed by atoms with Gasteiger partial charge in [-0.3, -0.25) is 4.98 Å². The molecule has 0 aliphatic rings. The van der Waals surface area contributed by atoms with Gasteiger partial charge in [0, 0.05) is 24.5 Å². The van der Waals surface area contributed by atoms with Gasteiger partial charge < -0.3 is 19.3 Å². The third-order valence-corrected chi connectivity index (χ3v) is 4.12. The van der Waals surface area contributed by atoms with E-state index >= 15 is 0 Å². The summed E-state index contributed by atoms with van der Waals surface area (Å²) in [6.07, 6.45) is 4.50. The summed E-state index contributed by atoms with van der Waals surface area (Å²) < 4.78 is 16.6. The molecule has 0 fully saturated rings. The average Bonchev–Trinajstić information content (AvgIpc) is 3.18. The Morgan fingerprint density at radius 2 is 2.07 bits per heavy atom. The lowest BCUT2D eigenvalue weighted by Gasteiger charge is -2.16. The van der Waals surface area contributed by atoms with Crippen molar-refractivity contribution in [1.29, 1.82) is 0 Å². The van der Waals surface area contributed by atoms with Gasteiger partial charge in [0.15, 0.2) is 11.5 Å². The van der Waals surface area contributed by atoms with Crippen LogP contribution in [0.1, 0.15) is 31.7 Å². The van der Waals surface area contributed by atoms with E-state index in [4.69, 9.17) is 14.0 Å². The molecular weight excluding hydrogens is 344 g/mol. The zero-order valence-corrected chi connectivity index (χ0v) is 15.8. The van der Waals surface area contributed by atoms with Crippen molar-refractivity contribution in [3.05, 3.63) is 54.2 Å². The first kappa shape index (κ1) is 18.8. The van der Waals surface area contributed by atoms with Crippen LogP contribution >= 0.6 is 0 Å². The van der Waals surface area contributed by atoms with E-state index in [1.54, 1.807) is 19.5 Å². The second-order valence-electron chi connectivity index (χ2n) is 6.18. The molecule has 1 aromatic carbocycles. The highest BCUT2D eigenvalue weighted by atomic mass is 16.5. The van der Waals surface area contributed by atoms with Gasteiger partial charge in [-0.15, -0.1) is 0 Å². The highest BCUT2D eigenvalue weighted by Crippen LogP contribution is 2.29. The summed E-state index contributed by atoms with van der Waals surface area (Å²) in [5.74, 6) is 2.55. The summed E-state index contributed by atoms with van der Waals surface area (Å²) in [6.45, 7) is 5.25. The molecule has 7 nitrogen and oxygen atoms in total. The predicted octanol–water partition coefficient (Wildman–Crippen LogP) is 3.61. The molecule has 0 amide bonds. The first-order valence-corrected chi connectivity index (χ1v) is 8.97. The SMILES string of the molecule is CCC(C)Oc1ccc(CNCc2nc(-c3cccnc3)no2)cc1OC. The normalized spacial score (nSPS) is 12.0. The lowest BCUT2D eigenvalue weighted by Crippen LogP contribution is -2.14. The molecule has 0 aliphatic carbocycles. The topological polar surface area (TPSA) is 82.3 Å². The fourth-order valence-corrected chi connectivity index (χ4v) is 2.47. The molecule has 7 heteroatoms. The van der Waals surface area contributed by atoms with Crippen molar-refractivity contribution < 1.29 is 14.0 Å². The number of benzene rings is 1. The van der Waals surface area contributed by atoms with Crippen LogP contribution in [0.3, 0.4) is 0 Å². The van der Waals surface area contributed by atoms with Crippen LogP contribution in [0.15, 0.2) is 47.2 Å². The maximum absolute atomic E-state index is 5.88. The standard InChI is InChI=1S/C20H24N4O3/c1-4-14(2)26-17-8-7-15(10-18(17)25-3)11-22-13-19-23-20(24-27-19)16-6-5-9-21-12-16/h5-10,12,14,22H,4,11,13H2,1-3H3. The minimum atomic E-state index is 0.148. The monoisotopic (exact) mass is 368 g/mol. The van der Waals surface area contributed by atoms with Crippen LogP contribution in [-0.2, 0) is 13.1 Å². The maximum atomic E-state index is 5.88. The van der Waals surface area contributed by atoms with Crippen molar-refractivity contribution in [2.45, 2.75) is 39.5 Å².